The van der Waals surface area contributed by atoms with Gasteiger partial charge in [0.1, 0.15) is 0 Å². The highest BCUT2D eigenvalue weighted by molar-refractivity contribution is 9.10. The summed E-state index contributed by atoms with van der Waals surface area (Å²) in [5.74, 6) is 0. The average molecular weight is 318 g/mol. The lowest BCUT2D eigenvalue weighted by atomic mass is 10.3. The second kappa shape index (κ2) is 6.92. The van der Waals surface area contributed by atoms with Gasteiger partial charge >= 0.3 is 6.03 Å². The molecule has 0 spiro atoms. The maximum atomic E-state index is 11.4. The number of carbonyl (C=O) groups excluding carboxylic acids is 1. The molecule has 7 nitrogen and oxygen atoms in total. The average Bonchev–Trinajstić information content (AvgIpc) is 2.31. The summed E-state index contributed by atoms with van der Waals surface area (Å²) in [6.45, 7) is 0.324. The Bertz CT molecular complexity index is 453. The van der Waals surface area contributed by atoms with E-state index in [1.807, 2.05) is 0 Å². The van der Waals surface area contributed by atoms with Crippen molar-refractivity contribution in [2.24, 2.45) is 0 Å². The van der Waals surface area contributed by atoms with Gasteiger partial charge in [-0.3, -0.25) is 10.1 Å². The Morgan fingerprint density at radius 2 is 2.22 bits per heavy atom. The number of aliphatic hydroxyl groups is 1. The standard InChI is InChI=1S/C10H12BrN3O4/c11-8-3-2-7(6-9(8)14(17)18)13-10(16)12-4-1-5-15/h2-3,6,15H,1,4-5H2,(H2,12,13,16). The van der Waals surface area contributed by atoms with Gasteiger partial charge in [0.25, 0.3) is 5.69 Å². The number of carbonyl (C=O) groups is 1. The highest BCUT2D eigenvalue weighted by Gasteiger charge is 2.13. The fraction of sp³-hybridized carbons (Fsp3) is 0.300. The lowest BCUT2D eigenvalue weighted by molar-refractivity contribution is -0.385. The van der Waals surface area contributed by atoms with Crippen molar-refractivity contribution in [1.29, 1.82) is 0 Å². The molecular weight excluding hydrogens is 306 g/mol. The van der Waals surface area contributed by atoms with Gasteiger partial charge in [0.15, 0.2) is 0 Å². The molecule has 1 aromatic carbocycles. The summed E-state index contributed by atoms with van der Waals surface area (Å²) in [6.07, 6.45) is 0.452. The molecule has 0 fully saturated rings. The Morgan fingerprint density at radius 1 is 1.50 bits per heavy atom. The molecule has 0 unspecified atom stereocenters. The third-order valence-corrected chi connectivity index (χ3v) is 2.69. The van der Waals surface area contributed by atoms with Crippen molar-refractivity contribution in [3.63, 3.8) is 0 Å². The second-order valence-corrected chi connectivity index (χ2v) is 4.24. The molecule has 0 saturated heterocycles. The van der Waals surface area contributed by atoms with Gasteiger partial charge in [-0.05, 0) is 34.5 Å². The summed E-state index contributed by atoms with van der Waals surface area (Å²) in [5.41, 5.74) is 0.203. The fourth-order valence-corrected chi connectivity index (χ4v) is 1.58. The van der Waals surface area contributed by atoms with Crippen LogP contribution in [0.5, 0.6) is 0 Å². The van der Waals surface area contributed by atoms with E-state index in [9.17, 15) is 14.9 Å². The smallest absolute Gasteiger partial charge is 0.319 e. The number of nitro benzene ring substituents is 1. The molecular formula is C10H12BrN3O4. The Balaban J connectivity index is 2.65. The van der Waals surface area contributed by atoms with Crippen LogP contribution < -0.4 is 10.6 Å². The first kappa shape index (κ1) is 14.4. The minimum atomic E-state index is -0.543. The summed E-state index contributed by atoms with van der Waals surface area (Å²) in [4.78, 5) is 21.5. The van der Waals surface area contributed by atoms with Crippen molar-refractivity contribution < 1.29 is 14.8 Å². The van der Waals surface area contributed by atoms with Crippen LogP contribution in [0, 0.1) is 10.1 Å². The number of aliphatic hydroxyl groups excluding tert-OH is 1. The van der Waals surface area contributed by atoms with E-state index in [-0.39, 0.29) is 12.3 Å². The van der Waals surface area contributed by atoms with Crippen molar-refractivity contribution in [3.05, 3.63) is 32.8 Å². The first-order valence-electron chi connectivity index (χ1n) is 5.14. The number of nitrogens with zero attached hydrogens (tertiary/aromatic N) is 1. The third kappa shape index (κ3) is 4.30. The highest BCUT2D eigenvalue weighted by atomic mass is 79.9. The van der Waals surface area contributed by atoms with Crippen LogP contribution >= 0.6 is 15.9 Å². The Hall–Kier alpha value is -1.67. The minimum Gasteiger partial charge on any atom is -0.396 e. The van der Waals surface area contributed by atoms with Gasteiger partial charge in [-0.15, -0.1) is 0 Å². The Morgan fingerprint density at radius 3 is 2.83 bits per heavy atom. The molecule has 2 amide bonds. The number of nitro groups is 1. The minimum absolute atomic E-state index is 0.00989. The number of benzene rings is 1. The molecule has 0 aliphatic rings. The quantitative estimate of drug-likeness (QED) is 0.438. The second-order valence-electron chi connectivity index (χ2n) is 3.38. The largest absolute Gasteiger partial charge is 0.396 e. The highest BCUT2D eigenvalue weighted by Crippen LogP contribution is 2.27. The van der Waals surface area contributed by atoms with E-state index in [1.165, 1.54) is 12.1 Å². The molecule has 0 bridgehead atoms. The van der Waals surface area contributed by atoms with Crippen molar-refractivity contribution >= 4 is 33.3 Å². The van der Waals surface area contributed by atoms with E-state index in [0.717, 1.165) is 0 Å². The topological polar surface area (TPSA) is 104 Å². The van der Waals surface area contributed by atoms with E-state index in [1.54, 1.807) is 6.07 Å². The van der Waals surface area contributed by atoms with Gasteiger partial charge in [0.05, 0.1) is 9.40 Å². The van der Waals surface area contributed by atoms with E-state index in [4.69, 9.17) is 5.11 Å². The molecule has 8 heteroatoms. The van der Waals surface area contributed by atoms with Crippen LogP contribution in [0.1, 0.15) is 6.42 Å². The van der Waals surface area contributed by atoms with Crippen molar-refractivity contribution in [2.75, 3.05) is 18.5 Å². The summed E-state index contributed by atoms with van der Waals surface area (Å²) in [6, 6.07) is 3.82. The van der Waals surface area contributed by atoms with E-state index < -0.39 is 11.0 Å². The number of halogens is 1. The molecule has 0 atom stereocenters. The zero-order valence-corrected chi connectivity index (χ0v) is 10.9. The zero-order chi connectivity index (χ0) is 13.5. The van der Waals surface area contributed by atoms with E-state index in [0.29, 0.717) is 23.1 Å². The molecule has 0 saturated carbocycles. The molecule has 1 rings (SSSR count). The molecule has 0 aliphatic heterocycles. The summed E-state index contributed by atoms with van der Waals surface area (Å²) in [5, 5.41) is 24.2. The number of hydrogen-bond acceptors (Lipinski definition) is 4. The molecule has 18 heavy (non-hydrogen) atoms. The van der Waals surface area contributed by atoms with Gasteiger partial charge in [0.2, 0.25) is 0 Å². The Kier molecular flexibility index (Phi) is 5.53. The predicted octanol–water partition coefficient (Wildman–Crippen LogP) is 1.86. The molecule has 0 aromatic heterocycles. The number of anilines is 1. The molecule has 0 heterocycles. The molecule has 0 aliphatic carbocycles. The lowest BCUT2D eigenvalue weighted by Crippen LogP contribution is -2.29. The maximum Gasteiger partial charge on any atom is 0.319 e. The Labute approximate surface area is 111 Å². The van der Waals surface area contributed by atoms with Crippen LogP contribution in [0.15, 0.2) is 22.7 Å². The number of nitrogens with one attached hydrogen (secondary N) is 2. The van der Waals surface area contributed by atoms with Crippen molar-refractivity contribution in [1.82, 2.24) is 5.32 Å². The molecule has 98 valence electrons. The number of hydrogen-bond donors (Lipinski definition) is 3. The third-order valence-electron chi connectivity index (χ3n) is 2.02. The van der Waals surface area contributed by atoms with Crippen LogP contribution in [0.2, 0.25) is 0 Å². The molecule has 3 N–H and O–H groups in total. The number of rotatable bonds is 5. The molecule has 0 radical (unpaired) electrons. The van der Waals surface area contributed by atoms with E-state index in [2.05, 4.69) is 26.6 Å². The zero-order valence-electron chi connectivity index (χ0n) is 9.35. The summed E-state index contributed by atoms with van der Waals surface area (Å²) < 4.78 is 0.346. The maximum absolute atomic E-state index is 11.4. The summed E-state index contributed by atoms with van der Waals surface area (Å²) in [7, 11) is 0. The van der Waals surface area contributed by atoms with Crippen molar-refractivity contribution in [3.8, 4) is 0 Å². The normalized spacial score (nSPS) is 9.89. The van der Waals surface area contributed by atoms with Crippen LogP contribution in [-0.2, 0) is 0 Å². The van der Waals surface area contributed by atoms with Gasteiger partial charge in [0, 0.05) is 24.9 Å². The summed E-state index contributed by atoms with van der Waals surface area (Å²) >= 11 is 3.05. The van der Waals surface area contributed by atoms with Crippen LogP contribution in [-0.4, -0.2) is 29.2 Å². The van der Waals surface area contributed by atoms with Crippen LogP contribution in [0.25, 0.3) is 0 Å². The molecule has 1 aromatic rings. The van der Waals surface area contributed by atoms with Crippen molar-refractivity contribution in [2.45, 2.75) is 6.42 Å². The lowest BCUT2D eigenvalue weighted by Gasteiger charge is -2.07. The van der Waals surface area contributed by atoms with Gasteiger partial charge in [-0.1, -0.05) is 0 Å². The van der Waals surface area contributed by atoms with E-state index >= 15 is 0 Å². The first-order chi connectivity index (χ1) is 8.54. The monoisotopic (exact) mass is 317 g/mol. The predicted molar refractivity (Wildman–Crippen MR) is 69.5 cm³/mol. The first-order valence-corrected chi connectivity index (χ1v) is 5.93. The SMILES string of the molecule is O=C(NCCCO)Nc1ccc(Br)c([N+](=O)[O-])c1. The van der Waals surface area contributed by atoms with Crippen LogP contribution in [0.4, 0.5) is 16.2 Å². The van der Waals surface area contributed by atoms with Gasteiger partial charge in [-0.2, -0.15) is 0 Å². The van der Waals surface area contributed by atoms with Gasteiger partial charge in [-0.25, -0.2) is 4.79 Å². The number of amides is 2. The van der Waals surface area contributed by atoms with Crippen LogP contribution in [0.3, 0.4) is 0 Å². The van der Waals surface area contributed by atoms with Gasteiger partial charge < -0.3 is 15.7 Å². The number of urea groups is 1. The fourth-order valence-electron chi connectivity index (χ4n) is 1.19.